The molecule has 3 atom stereocenters. The third-order valence-electron chi connectivity index (χ3n) is 4.53. The minimum Gasteiger partial charge on any atom is -0.449 e. The lowest BCUT2D eigenvalue weighted by Crippen LogP contribution is -2.32. The number of carboxylic acid groups (broad SMARTS) is 1. The predicted octanol–water partition coefficient (Wildman–Crippen LogP) is 2.86. The third-order valence-corrected chi connectivity index (χ3v) is 4.53. The summed E-state index contributed by atoms with van der Waals surface area (Å²) in [6.07, 6.45) is -3.65. The first-order chi connectivity index (χ1) is 15.2. The van der Waals surface area contributed by atoms with Crippen molar-refractivity contribution in [3.8, 4) is 17.2 Å². The first-order valence-electron chi connectivity index (χ1n) is 9.58. The molecule has 3 N–H and O–H groups in total. The van der Waals surface area contributed by atoms with E-state index in [4.69, 9.17) is 14.6 Å². The van der Waals surface area contributed by atoms with Crippen LogP contribution in [0, 0.1) is 0 Å². The molecule has 1 aliphatic heterocycles. The summed E-state index contributed by atoms with van der Waals surface area (Å²) in [5.74, 6) is -0.654. The van der Waals surface area contributed by atoms with Gasteiger partial charge in [0.15, 0.2) is 11.5 Å². The monoisotopic (exact) mass is 453 g/mol. The molecule has 0 spiro atoms. The zero-order valence-corrected chi connectivity index (χ0v) is 16.9. The zero-order chi connectivity index (χ0) is 23.3. The highest BCUT2D eigenvalue weighted by molar-refractivity contribution is 5.84. The van der Waals surface area contributed by atoms with Crippen LogP contribution in [0.2, 0.25) is 0 Å². The zero-order valence-electron chi connectivity index (χ0n) is 16.9. The minimum absolute atomic E-state index is 0.0319. The van der Waals surface area contributed by atoms with Crippen molar-refractivity contribution in [2.24, 2.45) is 0 Å². The van der Waals surface area contributed by atoms with Gasteiger partial charge < -0.3 is 34.5 Å². The second kappa shape index (κ2) is 10.2. The van der Waals surface area contributed by atoms with Crippen LogP contribution in [0.4, 0.5) is 13.6 Å². The van der Waals surface area contributed by atoms with Gasteiger partial charge in [-0.15, -0.1) is 0 Å². The summed E-state index contributed by atoms with van der Waals surface area (Å²) in [5.41, 5.74) is 1.27. The van der Waals surface area contributed by atoms with Crippen LogP contribution in [-0.4, -0.2) is 47.8 Å². The Morgan fingerprint density at radius 3 is 2.62 bits per heavy atom. The second-order valence-corrected chi connectivity index (χ2v) is 7.02. The number of hydrogen-bond acceptors (Lipinski definition) is 8. The number of halogens is 2. The molecule has 0 saturated carbocycles. The van der Waals surface area contributed by atoms with Crippen LogP contribution in [-0.2, 0) is 16.0 Å². The Morgan fingerprint density at radius 2 is 1.91 bits per heavy atom. The molecule has 0 aliphatic carbocycles. The van der Waals surface area contributed by atoms with Gasteiger partial charge >= 0.3 is 25.0 Å². The first kappa shape index (κ1) is 23.2. The van der Waals surface area contributed by atoms with Crippen LogP contribution < -0.4 is 19.5 Å². The first-order valence-corrected chi connectivity index (χ1v) is 9.58. The number of nitrogens with one attached hydrogen (secondary N) is 1. The number of carbonyl (C=O) groups is 2. The van der Waals surface area contributed by atoms with E-state index in [-0.39, 0.29) is 29.8 Å². The van der Waals surface area contributed by atoms with Crippen LogP contribution in [0.15, 0.2) is 42.5 Å². The number of fused-ring (bicyclic) bond motifs is 1. The molecule has 1 aliphatic rings. The van der Waals surface area contributed by atoms with Gasteiger partial charge in [-0.1, -0.05) is 18.2 Å². The predicted molar refractivity (Wildman–Crippen MR) is 105 cm³/mol. The standard InChI is InChI=1S/C21H21F2NO8/c1-11(24-10-15(25)13-3-2-4-14(9-13)29-20(22)23)7-12-5-6-16-17(8-12)31-19(30-16)18(26)32-21(27)28/h2-6,8-9,11,15,19-20,24-25H,7,10H2,1H3,(H,27,28)/t11?,15-,19-/m0/s1. The molecule has 11 heteroatoms. The Balaban J connectivity index is 1.51. The molecule has 3 rings (SSSR count). The highest BCUT2D eigenvalue weighted by Crippen LogP contribution is 2.36. The van der Waals surface area contributed by atoms with Crippen molar-refractivity contribution in [2.45, 2.75) is 38.4 Å². The van der Waals surface area contributed by atoms with Gasteiger partial charge in [-0.3, -0.25) is 0 Å². The Hall–Kier alpha value is -3.44. The molecule has 0 saturated heterocycles. The van der Waals surface area contributed by atoms with Gasteiger partial charge in [0, 0.05) is 12.6 Å². The lowest BCUT2D eigenvalue weighted by atomic mass is 10.1. The number of carbonyl (C=O) groups excluding carboxylic acids is 1. The summed E-state index contributed by atoms with van der Waals surface area (Å²) in [5, 5.41) is 22.0. The Labute approximate surface area is 181 Å². The minimum atomic E-state index is -2.94. The Morgan fingerprint density at radius 1 is 1.16 bits per heavy atom. The lowest BCUT2D eigenvalue weighted by molar-refractivity contribution is -0.156. The van der Waals surface area contributed by atoms with E-state index in [1.807, 2.05) is 6.92 Å². The van der Waals surface area contributed by atoms with Crippen LogP contribution in [0.1, 0.15) is 24.2 Å². The molecule has 32 heavy (non-hydrogen) atoms. The maximum atomic E-state index is 12.3. The molecular weight excluding hydrogens is 432 g/mol. The molecule has 1 heterocycles. The van der Waals surface area contributed by atoms with E-state index < -0.39 is 31.1 Å². The van der Waals surface area contributed by atoms with E-state index in [1.54, 1.807) is 24.3 Å². The van der Waals surface area contributed by atoms with Gasteiger partial charge in [-0.05, 0) is 48.7 Å². The van der Waals surface area contributed by atoms with Crippen molar-refractivity contribution in [3.05, 3.63) is 53.6 Å². The van der Waals surface area contributed by atoms with E-state index in [1.165, 1.54) is 18.2 Å². The molecule has 0 amide bonds. The molecule has 0 aromatic heterocycles. The summed E-state index contributed by atoms with van der Waals surface area (Å²) in [4.78, 5) is 22.1. The van der Waals surface area contributed by atoms with Gasteiger partial charge in [0.2, 0.25) is 0 Å². The fraction of sp³-hybridized carbons (Fsp3) is 0.333. The summed E-state index contributed by atoms with van der Waals surface area (Å²) in [6, 6.07) is 10.8. The van der Waals surface area contributed by atoms with Gasteiger partial charge in [0.25, 0.3) is 0 Å². The van der Waals surface area contributed by atoms with Crippen molar-refractivity contribution < 1.29 is 47.5 Å². The SMILES string of the molecule is CC(Cc1ccc2c(c1)O[C@@H](C(=O)OC(=O)O)O2)NC[C@H](O)c1cccc(OC(F)F)c1. The second-order valence-electron chi connectivity index (χ2n) is 7.02. The van der Waals surface area contributed by atoms with Crippen LogP contribution in [0.3, 0.4) is 0 Å². The van der Waals surface area contributed by atoms with Gasteiger partial charge in [-0.25, -0.2) is 9.59 Å². The molecule has 0 bridgehead atoms. The van der Waals surface area contributed by atoms with E-state index in [0.29, 0.717) is 12.0 Å². The number of benzene rings is 2. The number of aliphatic hydroxyl groups excluding tert-OH is 1. The van der Waals surface area contributed by atoms with E-state index in [0.717, 1.165) is 5.56 Å². The molecule has 2 aromatic carbocycles. The number of aliphatic hydroxyl groups is 1. The largest absolute Gasteiger partial charge is 0.513 e. The highest BCUT2D eigenvalue weighted by atomic mass is 19.3. The Bertz CT molecular complexity index is 971. The van der Waals surface area contributed by atoms with Gasteiger partial charge in [0.1, 0.15) is 5.75 Å². The van der Waals surface area contributed by atoms with Gasteiger partial charge in [-0.2, -0.15) is 8.78 Å². The van der Waals surface area contributed by atoms with Crippen molar-refractivity contribution in [3.63, 3.8) is 0 Å². The average molecular weight is 453 g/mol. The summed E-state index contributed by atoms with van der Waals surface area (Å²) in [6.45, 7) is -0.881. The van der Waals surface area contributed by atoms with Crippen molar-refractivity contribution in [1.29, 1.82) is 0 Å². The molecular formula is C21H21F2NO8. The molecule has 0 radical (unpaired) electrons. The van der Waals surface area contributed by atoms with E-state index in [9.17, 15) is 23.5 Å². The lowest BCUT2D eigenvalue weighted by Gasteiger charge is -2.18. The van der Waals surface area contributed by atoms with Crippen molar-refractivity contribution in [1.82, 2.24) is 5.32 Å². The fourth-order valence-electron chi connectivity index (χ4n) is 3.11. The summed E-state index contributed by atoms with van der Waals surface area (Å²) in [7, 11) is 0. The maximum absolute atomic E-state index is 12.3. The Kier molecular flexibility index (Phi) is 7.44. The highest BCUT2D eigenvalue weighted by Gasteiger charge is 2.34. The normalized spacial score (nSPS) is 16.5. The smallest absolute Gasteiger partial charge is 0.449 e. The van der Waals surface area contributed by atoms with Crippen LogP contribution >= 0.6 is 0 Å². The van der Waals surface area contributed by atoms with Crippen molar-refractivity contribution in [2.75, 3.05) is 6.54 Å². The van der Waals surface area contributed by atoms with Gasteiger partial charge in [0.05, 0.1) is 6.10 Å². The number of ether oxygens (including phenoxy) is 4. The number of esters is 1. The molecule has 9 nitrogen and oxygen atoms in total. The van der Waals surface area contributed by atoms with Crippen molar-refractivity contribution >= 4 is 12.1 Å². The number of alkyl halides is 2. The van der Waals surface area contributed by atoms with E-state index >= 15 is 0 Å². The quantitative estimate of drug-likeness (QED) is 0.388. The summed E-state index contributed by atoms with van der Waals surface area (Å²) < 4.78 is 43.6. The molecule has 0 fully saturated rings. The molecule has 2 aromatic rings. The van der Waals surface area contributed by atoms with E-state index in [2.05, 4.69) is 14.8 Å². The topological polar surface area (TPSA) is 124 Å². The number of hydrogen-bond donors (Lipinski definition) is 3. The molecule has 172 valence electrons. The van der Waals surface area contributed by atoms with Crippen LogP contribution in [0.5, 0.6) is 17.2 Å². The third kappa shape index (κ3) is 6.28. The summed E-state index contributed by atoms with van der Waals surface area (Å²) >= 11 is 0. The number of rotatable bonds is 9. The maximum Gasteiger partial charge on any atom is 0.513 e. The van der Waals surface area contributed by atoms with Crippen LogP contribution in [0.25, 0.3) is 0 Å². The average Bonchev–Trinajstić information content (AvgIpc) is 3.15. The fourth-order valence-corrected chi connectivity index (χ4v) is 3.11. The molecule has 1 unspecified atom stereocenters.